The minimum Gasteiger partial charge on any atom is -0.387 e. The van der Waals surface area contributed by atoms with Crippen molar-refractivity contribution in [2.24, 2.45) is 0 Å². The van der Waals surface area contributed by atoms with Crippen molar-refractivity contribution in [3.8, 4) is 0 Å². The van der Waals surface area contributed by atoms with E-state index in [0.29, 0.717) is 6.04 Å². The smallest absolute Gasteiger partial charge is 0.0942 e. The zero-order valence-electron chi connectivity index (χ0n) is 12.5. The van der Waals surface area contributed by atoms with Crippen LogP contribution in [0.25, 0.3) is 0 Å². The van der Waals surface area contributed by atoms with Crippen molar-refractivity contribution < 1.29 is 5.11 Å². The molecule has 1 aromatic rings. The van der Waals surface area contributed by atoms with Gasteiger partial charge in [0.1, 0.15) is 0 Å². The maximum absolute atomic E-state index is 10.5. The normalized spacial score (nSPS) is 23.8. The van der Waals surface area contributed by atoms with Crippen LogP contribution in [0.5, 0.6) is 0 Å². The standard InChI is InChI=1S/C16H26N2O/c1-12-5-7-14(8-6-12)16(19)13(2)18-10-9-15(11-18)17(3)4/h5-8,13,15-16,19H,9-11H2,1-4H3. The van der Waals surface area contributed by atoms with Crippen LogP contribution in [-0.4, -0.2) is 54.2 Å². The summed E-state index contributed by atoms with van der Waals surface area (Å²) in [4.78, 5) is 4.68. The molecule has 0 aromatic heterocycles. The lowest BCUT2D eigenvalue weighted by atomic mass is 10.0. The van der Waals surface area contributed by atoms with Crippen LogP contribution in [0.3, 0.4) is 0 Å². The molecule has 106 valence electrons. The number of aliphatic hydroxyl groups excluding tert-OH is 1. The fourth-order valence-corrected chi connectivity index (χ4v) is 2.80. The van der Waals surface area contributed by atoms with Crippen LogP contribution in [0.4, 0.5) is 0 Å². The second-order valence-electron chi connectivity index (χ2n) is 6.00. The molecule has 0 radical (unpaired) electrons. The zero-order chi connectivity index (χ0) is 14.0. The number of benzene rings is 1. The van der Waals surface area contributed by atoms with Crippen LogP contribution in [-0.2, 0) is 0 Å². The van der Waals surface area contributed by atoms with E-state index in [0.717, 1.165) is 18.7 Å². The van der Waals surface area contributed by atoms with E-state index in [2.05, 4.69) is 49.9 Å². The van der Waals surface area contributed by atoms with E-state index in [1.807, 2.05) is 12.1 Å². The molecule has 3 heteroatoms. The summed E-state index contributed by atoms with van der Waals surface area (Å²) in [6, 6.07) is 9.00. The first-order valence-corrected chi connectivity index (χ1v) is 7.14. The molecule has 3 nitrogen and oxygen atoms in total. The Bertz CT molecular complexity index is 402. The van der Waals surface area contributed by atoms with E-state index in [4.69, 9.17) is 0 Å². The molecule has 3 unspecified atom stereocenters. The number of hydrogen-bond acceptors (Lipinski definition) is 3. The molecule has 0 saturated carbocycles. The van der Waals surface area contributed by atoms with Gasteiger partial charge in [-0.05, 0) is 39.9 Å². The number of rotatable bonds is 4. The van der Waals surface area contributed by atoms with E-state index >= 15 is 0 Å². The maximum atomic E-state index is 10.5. The Morgan fingerprint density at radius 2 is 1.89 bits per heavy atom. The van der Waals surface area contributed by atoms with Gasteiger partial charge in [0.05, 0.1) is 6.10 Å². The van der Waals surface area contributed by atoms with Crippen molar-refractivity contribution in [2.45, 2.75) is 38.5 Å². The van der Waals surface area contributed by atoms with Crippen LogP contribution in [0.2, 0.25) is 0 Å². The van der Waals surface area contributed by atoms with Gasteiger partial charge in [-0.15, -0.1) is 0 Å². The topological polar surface area (TPSA) is 26.7 Å². The second-order valence-corrected chi connectivity index (χ2v) is 6.00. The lowest BCUT2D eigenvalue weighted by Gasteiger charge is -2.29. The quantitative estimate of drug-likeness (QED) is 0.899. The number of aryl methyl sites for hydroxylation is 1. The fourth-order valence-electron chi connectivity index (χ4n) is 2.80. The molecule has 3 atom stereocenters. The average Bonchev–Trinajstić information content (AvgIpc) is 2.87. The number of aliphatic hydroxyl groups is 1. The Balaban J connectivity index is 2.00. The highest BCUT2D eigenvalue weighted by molar-refractivity contribution is 5.24. The van der Waals surface area contributed by atoms with E-state index in [1.54, 1.807) is 0 Å². The van der Waals surface area contributed by atoms with Crippen LogP contribution in [0.15, 0.2) is 24.3 Å². The van der Waals surface area contributed by atoms with Crippen molar-refractivity contribution in [3.63, 3.8) is 0 Å². The zero-order valence-corrected chi connectivity index (χ0v) is 12.5. The van der Waals surface area contributed by atoms with Gasteiger partial charge in [-0.2, -0.15) is 0 Å². The molecule has 0 bridgehead atoms. The largest absolute Gasteiger partial charge is 0.387 e. The van der Waals surface area contributed by atoms with Crippen molar-refractivity contribution in [1.82, 2.24) is 9.80 Å². The Kier molecular flexibility index (Phi) is 4.61. The molecule has 0 amide bonds. The molecule has 1 aliphatic heterocycles. The van der Waals surface area contributed by atoms with Gasteiger partial charge in [0.15, 0.2) is 0 Å². The number of likely N-dealkylation sites (N-methyl/N-ethyl adjacent to an activating group) is 1. The van der Waals surface area contributed by atoms with Crippen molar-refractivity contribution in [3.05, 3.63) is 35.4 Å². The highest BCUT2D eigenvalue weighted by Crippen LogP contribution is 2.25. The average molecular weight is 262 g/mol. The third-order valence-electron chi connectivity index (χ3n) is 4.38. The monoisotopic (exact) mass is 262 g/mol. The number of nitrogens with zero attached hydrogens (tertiary/aromatic N) is 2. The lowest BCUT2D eigenvalue weighted by molar-refractivity contribution is 0.0679. The van der Waals surface area contributed by atoms with Crippen LogP contribution >= 0.6 is 0 Å². The highest BCUT2D eigenvalue weighted by atomic mass is 16.3. The predicted molar refractivity (Wildman–Crippen MR) is 79.3 cm³/mol. The van der Waals surface area contributed by atoms with E-state index in [-0.39, 0.29) is 6.04 Å². The second kappa shape index (κ2) is 6.04. The molecule has 19 heavy (non-hydrogen) atoms. The predicted octanol–water partition coefficient (Wildman–Crippen LogP) is 2.05. The Labute approximate surface area is 116 Å². The third kappa shape index (κ3) is 3.35. The first-order chi connectivity index (χ1) is 8.99. The molecular formula is C16H26N2O. The van der Waals surface area contributed by atoms with Gasteiger partial charge in [0.25, 0.3) is 0 Å². The van der Waals surface area contributed by atoms with Gasteiger partial charge in [-0.3, -0.25) is 4.90 Å². The third-order valence-corrected chi connectivity index (χ3v) is 4.38. The summed E-state index contributed by atoms with van der Waals surface area (Å²) in [6.07, 6.45) is 0.791. The molecule has 2 rings (SSSR count). The van der Waals surface area contributed by atoms with Crippen molar-refractivity contribution in [2.75, 3.05) is 27.2 Å². The van der Waals surface area contributed by atoms with Gasteiger partial charge >= 0.3 is 0 Å². The Morgan fingerprint density at radius 1 is 1.26 bits per heavy atom. The lowest BCUT2D eigenvalue weighted by Crippen LogP contribution is -2.38. The minimum absolute atomic E-state index is 0.174. The summed E-state index contributed by atoms with van der Waals surface area (Å²) in [7, 11) is 4.27. The van der Waals surface area contributed by atoms with Crippen molar-refractivity contribution in [1.29, 1.82) is 0 Å². The maximum Gasteiger partial charge on any atom is 0.0942 e. The van der Waals surface area contributed by atoms with Gasteiger partial charge in [-0.25, -0.2) is 0 Å². The van der Waals surface area contributed by atoms with E-state index in [1.165, 1.54) is 12.0 Å². The Morgan fingerprint density at radius 3 is 2.42 bits per heavy atom. The molecule has 0 aliphatic carbocycles. The SMILES string of the molecule is Cc1ccc(C(O)C(C)N2CCC(N(C)C)C2)cc1. The first-order valence-electron chi connectivity index (χ1n) is 7.14. The molecule has 1 heterocycles. The van der Waals surface area contributed by atoms with E-state index < -0.39 is 6.10 Å². The summed E-state index contributed by atoms with van der Waals surface area (Å²) < 4.78 is 0. The molecule has 1 N–H and O–H groups in total. The molecule has 1 saturated heterocycles. The summed E-state index contributed by atoms with van der Waals surface area (Å²) in [5, 5.41) is 10.5. The Hall–Kier alpha value is -0.900. The highest BCUT2D eigenvalue weighted by Gasteiger charge is 2.30. The summed E-state index contributed by atoms with van der Waals surface area (Å²) in [5.74, 6) is 0. The van der Waals surface area contributed by atoms with Gasteiger partial charge in [0, 0.05) is 25.2 Å². The summed E-state index contributed by atoms with van der Waals surface area (Å²) in [5.41, 5.74) is 2.25. The van der Waals surface area contributed by atoms with Crippen LogP contribution in [0.1, 0.15) is 30.6 Å². The molecule has 1 aliphatic rings. The van der Waals surface area contributed by atoms with Crippen LogP contribution < -0.4 is 0 Å². The van der Waals surface area contributed by atoms with Gasteiger partial charge in [-0.1, -0.05) is 29.8 Å². The fraction of sp³-hybridized carbons (Fsp3) is 0.625. The van der Waals surface area contributed by atoms with Gasteiger partial charge in [0.2, 0.25) is 0 Å². The number of hydrogen-bond donors (Lipinski definition) is 1. The van der Waals surface area contributed by atoms with E-state index in [9.17, 15) is 5.11 Å². The molecule has 0 spiro atoms. The molecule has 1 fully saturated rings. The van der Waals surface area contributed by atoms with Crippen LogP contribution in [0, 0.1) is 6.92 Å². The minimum atomic E-state index is -0.401. The van der Waals surface area contributed by atoms with Gasteiger partial charge < -0.3 is 10.0 Å². The summed E-state index contributed by atoms with van der Waals surface area (Å²) >= 11 is 0. The van der Waals surface area contributed by atoms with Crippen molar-refractivity contribution >= 4 is 0 Å². The first kappa shape index (κ1) is 14.5. The number of likely N-dealkylation sites (tertiary alicyclic amines) is 1. The summed E-state index contributed by atoms with van der Waals surface area (Å²) in [6.45, 7) is 6.33. The molecule has 1 aromatic carbocycles. The molecular weight excluding hydrogens is 236 g/mol.